The summed E-state index contributed by atoms with van der Waals surface area (Å²) in [5.41, 5.74) is 1.29. The molecule has 2 fully saturated rings. The van der Waals surface area contributed by atoms with Crippen LogP contribution in [0.4, 0.5) is 20.8 Å². The first kappa shape index (κ1) is 23.8. The van der Waals surface area contributed by atoms with Gasteiger partial charge >= 0.3 is 6.09 Å². The highest BCUT2D eigenvalue weighted by molar-refractivity contribution is 5.89. The van der Waals surface area contributed by atoms with Gasteiger partial charge in [-0.15, -0.1) is 27.7 Å². The van der Waals surface area contributed by atoms with Crippen LogP contribution in [0.15, 0.2) is 48.5 Å². The van der Waals surface area contributed by atoms with E-state index in [0.717, 1.165) is 37.9 Å². The number of benzene rings is 1. The molecule has 8 nitrogen and oxygen atoms in total. The quantitative estimate of drug-likeness (QED) is 0.556. The molecule has 1 spiro atoms. The predicted molar refractivity (Wildman–Crippen MR) is 128 cm³/mol. The molecule has 2 aliphatic rings. The average molecular weight is 485 g/mol. The van der Waals surface area contributed by atoms with Gasteiger partial charge < -0.3 is 10.1 Å². The summed E-state index contributed by atoms with van der Waals surface area (Å²) in [5.74, 6) is 1.32. The minimum atomic E-state index is -0.457. The van der Waals surface area contributed by atoms with Gasteiger partial charge in [0, 0.05) is 12.1 Å². The molecule has 0 unspecified atom stereocenters. The van der Waals surface area contributed by atoms with Gasteiger partial charge in [0.1, 0.15) is 17.2 Å². The normalized spacial score (nSPS) is 21.8. The SMILES string of the molecule is Cc1ccc(N2CC3(CCC(CNc4ccc(-c5ccccc5F)nn4)CC3)OC2=O)nn1.Cl. The Balaban J connectivity index is 0.00000274. The topological polar surface area (TPSA) is 93.1 Å². The van der Waals surface area contributed by atoms with Gasteiger partial charge in [-0.25, -0.2) is 9.18 Å². The van der Waals surface area contributed by atoms with Gasteiger partial charge in [0.2, 0.25) is 0 Å². The second-order valence-electron chi connectivity index (χ2n) is 8.78. The molecule has 5 rings (SSSR count). The van der Waals surface area contributed by atoms with E-state index >= 15 is 0 Å². The fourth-order valence-corrected chi connectivity index (χ4v) is 4.49. The van der Waals surface area contributed by atoms with Crippen LogP contribution in [0.2, 0.25) is 0 Å². The molecule has 1 N–H and O–H groups in total. The van der Waals surface area contributed by atoms with E-state index in [1.54, 1.807) is 35.2 Å². The largest absolute Gasteiger partial charge is 0.441 e. The van der Waals surface area contributed by atoms with Crippen molar-refractivity contribution >= 4 is 30.1 Å². The van der Waals surface area contributed by atoms with Crippen molar-refractivity contribution in [2.45, 2.75) is 38.2 Å². The van der Waals surface area contributed by atoms with Crippen LogP contribution in [0, 0.1) is 18.7 Å². The molecule has 0 atom stereocenters. The number of rotatable bonds is 5. The molecule has 1 saturated carbocycles. The first-order chi connectivity index (χ1) is 16.0. The molecule has 1 aliphatic heterocycles. The highest BCUT2D eigenvalue weighted by Crippen LogP contribution is 2.40. The molecule has 1 aromatic carbocycles. The van der Waals surface area contributed by atoms with Gasteiger partial charge in [-0.05, 0) is 74.9 Å². The molecule has 2 aromatic heterocycles. The van der Waals surface area contributed by atoms with Crippen LogP contribution >= 0.6 is 12.4 Å². The Morgan fingerprint density at radius 3 is 2.53 bits per heavy atom. The van der Waals surface area contributed by atoms with Crippen molar-refractivity contribution in [1.82, 2.24) is 20.4 Å². The number of nitrogens with one attached hydrogen (secondary N) is 1. The Bertz CT molecular complexity index is 1140. The number of ether oxygens (including phenoxy) is 1. The standard InChI is InChI=1S/C24H25FN6O2.ClH/c1-16-6-9-22(30-27-16)31-15-24(33-23(31)32)12-10-17(11-13-24)14-26-21-8-7-20(28-29-21)18-4-2-3-5-19(18)25;/h2-9,17H,10-15H2,1H3,(H,26,29);1H. The summed E-state index contributed by atoms with van der Waals surface area (Å²) >= 11 is 0. The van der Waals surface area contributed by atoms with Crippen LogP contribution in [-0.4, -0.2) is 45.2 Å². The van der Waals surface area contributed by atoms with Crippen molar-refractivity contribution < 1.29 is 13.9 Å². The number of hydrogen-bond acceptors (Lipinski definition) is 7. The van der Waals surface area contributed by atoms with Crippen LogP contribution < -0.4 is 10.2 Å². The lowest BCUT2D eigenvalue weighted by molar-refractivity contribution is 0.0148. The monoisotopic (exact) mass is 484 g/mol. The van der Waals surface area contributed by atoms with Crippen LogP contribution in [0.3, 0.4) is 0 Å². The third-order valence-electron chi connectivity index (χ3n) is 6.43. The van der Waals surface area contributed by atoms with Crippen LogP contribution in [-0.2, 0) is 4.74 Å². The van der Waals surface area contributed by atoms with Gasteiger partial charge in [-0.2, -0.15) is 5.10 Å². The zero-order chi connectivity index (χ0) is 22.8. The van der Waals surface area contributed by atoms with Gasteiger partial charge in [-0.1, -0.05) is 12.1 Å². The van der Waals surface area contributed by atoms with Crippen LogP contribution in [0.5, 0.6) is 0 Å². The Kier molecular flexibility index (Phi) is 6.92. The Morgan fingerprint density at radius 1 is 1.06 bits per heavy atom. The summed E-state index contributed by atoms with van der Waals surface area (Å²) in [6.45, 7) is 3.12. The lowest BCUT2D eigenvalue weighted by atomic mass is 9.78. The van der Waals surface area contributed by atoms with Crippen molar-refractivity contribution in [3.63, 3.8) is 0 Å². The summed E-state index contributed by atoms with van der Waals surface area (Å²) in [6.07, 6.45) is 3.13. The lowest BCUT2D eigenvalue weighted by Gasteiger charge is -2.35. The number of carbonyl (C=O) groups is 1. The minimum Gasteiger partial charge on any atom is -0.441 e. The second kappa shape index (κ2) is 9.89. The maximum absolute atomic E-state index is 13.9. The number of aryl methyl sites for hydroxylation is 1. The molecule has 0 radical (unpaired) electrons. The second-order valence-corrected chi connectivity index (χ2v) is 8.78. The molecule has 3 heterocycles. The fourth-order valence-electron chi connectivity index (χ4n) is 4.49. The van der Waals surface area contributed by atoms with E-state index in [-0.39, 0.29) is 24.3 Å². The van der Waals surface area contributed by atoms with E-state index in [0.29, 0.717) is 35.4 Å². The lowest BCUT2D eigenvalue weighted by Crippen LogP contribution is -2.39. The van der Waals surface area contributed by atoms with Gasteiger partial charge in [0.25, 0.3) is 0 Å². The first-order valence-corrected chi connectivity index (χ1v) is 11.1. The summed E-state index contributed by atoms with van der Waals surface area (Å²) in [5, 5.41) is 19.9. The summed E-state index contributed by atoms with van der Waals surface area (Å²) in [4.78, 5) is 14.0. The summed E-state index contributed by atoms with van der Waals surface area (Å²) in [7, 11) is 0. The minimum absolute atomic E-state index is 0. The molecule has 10 heteroatoms. The third-order valence-corrected chi connectivity index (χ3v) is 6.43. The fraction of sp³-hybridized carbons (Fsp3) is 0.375. The molecule has 1 aliphatic carbocycles. The van der Waals surface area contributed by atoms with Crippen LogP contribution in [0.1, 0.15) is 31.4 Å². The Morgan fingerprint density at radius 2 is 1.85 bits per heavy atom. The van der Waals surface area contributed by atoms with Crippen molar-refractivity contribution in [2.24, 2.45) is 5.92 Å². The van der Waals surface area contributed by atoms with Crippen molar-refractivity contribution in [2.75, 3.05) is 23.3 Å². The maximum Gasteiger partial charge on any atom is 0.416 e. The van der Waals surface area contributed by atoms with E-state index in [1.807, 2.05) is 19.1 Å². The number of anilines is 2. The van der Waals surface area contributed by atoms with Gasteiger partial charge in [0.05, 0.1) is 17.9 Å². The Labute approximate surface area is 203 Å². The zero-order valence-corrected chi connectivity index (χ0v) is 19.6. The number of amides is 1. The molecule has 178 valence electrons. The number of aromatic nitrogens is 4. The maximum atomic E-state index is 13.9. The molecular weight excluding hydrogens is 459 g/mol. The van der Waals surface area contributed by atoms with Crippen molar-refractivity contribution in [3.05, 3.63) is 60.0 Å². The third kappa shape index (κ3) is 4.94. The number of nitrogens with zero attached hydrogens (tertiary/aromatic N) is 5. The van der Waals surface area contributed by atoms with Crippen molar-refractivity contribution in [3.8, 4) is 11.3 Å². The predicted octanol–water partition coefficient (Wildman–Crippen LogP) is 4.80. The molecular formula is C24H26ClFN6O2. The molecule has 3 aromatic rings. The average Bonchev–Trinajstić information content (AvgIpc) is 3.15. The van der Waals surface area contributed by atoms with Crippen LogP contribution in [0.25, 0.3) is 11.3 Å². The molecule has 1 amide bonds. The van der Waals surface area contributed by atoms with E-state index in [2.05, 4.69) is 25.7 Å². The van der Waals surface area contributed by atoms with E-state index < -0.39 is 5.60 Å². The summed E-state index contributed by atoms with van der Waals surface area (Å²) in [6, 6.07) is 13.8. The van der Waals surface area contributed by atoms with Gasteiger partial charge in [0.15, 0.2) is 5.82 Å². The van der Waals surface area contributed by atoms with Gasteiger partial charge in [-0.3, -0.25) is 4.90 Å². The van der Waals surface area contributed by atoms with E-state index in [4.69, 9.17) is 4.74 Å². The Hall–Kier alpha value is -3.33. The first-order valence-electron chi connectivity index (χ1n) is 11.1. The zero-order valence-electron chi connectivity index (χ0n) is 18.8. The molecule has 0 bridgehead atoms. The van der Waals surface area contributed by atoms with E-state index in [9.17, 15) is 9.18 Å². The smallest absolute Gasteiger partial charge is 0.416 e. The molecule has 1 saturated heterocycles. The highest BCUT2D eigenvalue weighted by atomic mass is 35.5. The van der Waals surface area contributed by atoms with Crippen molar-refractivity contribution in [1.29, 1.82) is 0 Å². The number of halogens is 2. The number of carbonyl (C=O) groups excluding carboxylic acids is 1. The molecule has 34 heavy (non-hydrogen) atoms. The van der Waals surface area contributed by atoms with E-state index in [1.165, 1.54) is 6.07 Å². The summed E-state index contributed by atoms with van der Waals surface area (Å²) < 4.78 is 19.7. The highest BCUT2D eigenvalue weighted by Gasteiger charge is 2.48. The number of hydrogen-bond donors (Lipinski definition) is 1.